The van der Waals surface area contributed by atoms with Gasteiger partial charge in [0.1, 0.15) is 11.5 Å². The van der Waals surface area contributed by atoms with Gasteiger partial charge in [-0.3, -0.25) is 0 Å². The first-order chi connectivity index (χ1) is 7.58. The van der Waals surface area contributed by atoms with Gasteiger partial charge in [0, 0.05) is 6.07 Å². The second-order valence-electron chi connectivity index (χ2n) is 3.82. The lowest BCUT2D eigenvalue weighted by Gasteiger charge is -2.08. The van der Waals surface area contributed by atoms with Crippen molar-refractivity contribution in [1.82, 2.24) is 15.3 Å². The average molecular weight is 262 g/mol. The first-order valence-corrected chi connectivity index (χ1v) is 7.02. The highest BCUT2D eigenvalue weighted by molar-refractivity contribution is 7.91. The fourth-order valence-electron chi connectivity index (χ4n) is 1.74. The van der Waals surface area contributed by atoms with Gasteiger partial charge in [0.05, 0.1) is 5.75 Å². The van der Waals surface area contributed by atoms with Gasteiger partial charge in [-0.1, -0.05) is 11.6 Å². The Morgan fingerprint density at radius 3 is 2.94 bits per heavy atom. The third-order valence-corrected chi connectivity index (χ3v) is 4.52. The Morgan fingerprint density at radius 1 is 1.50 bits per heavy atom. The molecule has 88 valence electrons. The molecule has 0 spiro atoms. The van der Waals surface area contributed by atoms with Gasteiger partial charge in [-0.25, -0.2) is 18.4 Å². The Kier molecular flexibility index (Phi) is 3.41. The molecule has 0 saturated carbocycles. The molecule has 2 rings (SSSR count). The molecule has 0 amide bonds. The summed E-state index contributed by atoms with van der Waals surface area (Å²) < 4.78 is 23.9. The molecule has 1 aliphatic rings. The van der Waals surface area contributed by atoms with Gasteiger partial charge in [-0.15, -0.1) is 0 Å². The molecule has 1 aliphatic heterocycles. The van der Waals surface area contributed by atoms with E-state index in [4.69, 9.17) is 11.6 Å². The van der Waals surface area contributed by atoms with Gasteiger partial charge >= 0.3 is 0 Å². The number of nitrogens with zero attached hydrogens (tertiary/aromatic N) is 2. The van der Waals surface area contributed by atoms with Crippen LogP contribution in [0.25, 0.3) is 0 Å². The summed E-state index contributed by atoms with van der Waals surface area (Å²) in [5, 5.41) is 3.30. The Labute approximate surface area is 99.2 Å². The lowest BCUT2D eigenvalue weighted by atomic mass is 10.2. The van der Waals surface area contributed by atoms with Crippen LogP contribution in [0.3, 0.4) is 0 Å². The van der Waals surface area contributed by atoms with E-state index in [0.717, 1.165) is 19.5 Å². The average Bonchev–Trinajstić information content (AvgIpc) is 2.70. The van der Waals surface area contributed by atoms with E-state index in [2.05, 4.69) is 15.3 Å². The predicted octanol–water partition coefficient (Wildman–Crippen LogP) is 0.513. The standard InChI is InChI=1S/C9H12ClN3O2S/c10-8-3-9(13-6-12-8)16(14,15)5-7-1-2-11-4-7/h3,6-7,11H,1-2,4-5H2/t7-/m1/s1. The maximum Gasteiger partial charge on any atom is 0.196 e. The Hall–Kier alpha value is -0.720. The van der Waals surface area contributed by atoms with Gasteiger partial charge in [0.15, 0.2) is 14.9 Å². The highest BCUT2D eigenvalue weighted by atomic mass is 35.5. The molecular formula is C9H12ClN3O2S. The molecule has 0 aliphatic carbocycles. The van der Waals surface area contributed by atoms with Crippen molar-refractivity contribution in [2.75, 3.05) is 18.8 Å². The minimum Gasteiger partial charge on any atom is -0.316 e. The highest BCUT2D eigenvalue weighted by Gasteiger charge is 2.25. The lowest BCUT2D eigenvalue weighted by molar-refractivity contribution is 0.567. The molecule has 1 atom stereocenters. The van der Waals surface area contributed by atoms with Gasteiger partial charge < -0.3 is 5.32 Å². The number of sulfone groups is 1. The van der Waals surface area contributed by atoms with Crippen molar-refractivity contribution in [2.45, 2.75) is 11.4 Å². The topological polar surface area (TPSA) is 72.0 Å². The molecule has 0 aromatic carbocycles. The van der Waals surface area contributed by atoms with E-state index in [9.17, 15) is 8.42 Å². The van der Waals surface area contributed by atoms with Crippen molar-refractivity contribution in [3.63, 3.8) is 0 Å². The molecule has 1 saturated heterocycles. The largest absolute Gasteiger partial charge is 0.316 e. The smallest absolute Gasteiger partial charge is 0.196 e. The van der Waals surface area contributed by atoms with Crippen molar-refractivity contribution in [3.8, 4) is 0 Å². The molecule has 0 radical (unpaired) electrons. The second kappa shape index (κ2) is 4.65. The molecule has 5 nitrogen and oxygen atoms in total. The molecule has 16 heavy (non-hydrogen) atoms. The van der Waals surface area contributed by atoms with Crippen LogP contribution < -0.4 is 5.32 Å². The molecule has 0 bridgehead atoms. The quantitative estimate of drug-likeness (QED) is 0.803. The van der Waals surface area contributed by atoms with E-state index in [-0.39, 0.29) is 21.8 Å². The van der Waals surface area contributed by atoms with Crippen LogP contribution in [0.1, 0.15) is 6.42 Å². The monoisotopic (exact) mass is 261 g/mol. The third-order valence-electron chi connectivity index (χ3n) is 2.54. The summed E-state index contributed by atoms with van der Waals surface area (Å²) in [5.41, 5.74) is 0. The minimum absolute atomic E-state index is 0.0133. The van der Waals surface area contributed by atoms with Crippen LogP contribution in [0, 0.1) is 5.92 Å². The molecule has 1 fully saturated rings. The minimum atomic E-state index is -3.34. The van der Waals surface area contributed by atoms with Gasteiger partial charge in [0.25, 0.3) is 0 Å². The van der Waals surface area contributed by atoms with Crippen LogP contribution in [0.15, 0.2) is 17.4 Å². The summed E-state index contributed by atoms with van der Waals surface area (Å²) >= 11 is 5.64. The zero-order valence-corrected chi connectivity index (χ0v) is 10.1. The third kappa shape index (κ3) is 2.69. The Morgan fingerprint density at radius 2 is 2.31 bits per heavy atom. The van der Waals surface area contributed by atoms with Crippen LogP contribution in [-0.4, -0.2) is 37.2 Å². The molecular weight excluding hydrogens is 250 g/mol. The SMILES string of the molecule is O=S(=O)(C[C@@H]1CCNC1)c1cc(Cl)ncn1. The van der Waals surface area contributed by atoms with Crippen molar-refractivity contribution in [1.29, 1.82) is 0 Å². The van der Waals surface area contributed by atoms with Crippen LogP contribution >= 0.6 is 11.6 Å². The van der Waals surface area contributed by atoms with Crippen LogP contribution in [0.2, 0.25) is 5.15 Å². The van der Waals surface area contributed by atoms with Crippen LogP contribution in [0.4, 0.5) is 0 Å². The summed E-state index contributed by atoms with van der Waals surface area (Å²) in [4.78, 5) is 7.41. The summed E-state index contributed by atoms with van der Waals surface area (Å²) in [6, 6.07) is 1.29. The highest BCUT2D eigenvalue weighted by Crippen LogP contribution is 2.17. The maximum absolute atomic E-state index is 12.0. The Bertz CT molecular complexity index is 471. The van der Waals surface area contributed by atoms with Crippen molar-refractivity contribution < 1.29 is 8.42 Å². The Balaban J connectivity index is 2.18. The molecule has 7 heteroatoms. The number of rotatable bonds is 3. The van der Waals surface area contributed by atoms with Crippen molar-refractivity contribution >= 4 is 21.4 Å². The van der Waals surface area contributed by atoms with Gasteiger partial charge in [0.2, 0.25) is 0 Å². The van der Waals surface area contributed by atoms with E-state index in [1.165, 1.54) is 12.4 Å². The van der Waals surface area contributed by atoms with Crippen LogP contribution in [0.5, 0.6) is 0 Å². The fraction of sp³-hybridized carbons (Fsp3) is 0.556. The van der Waals surface area contributed by atoms with E-state index >= 15 is 0 Å². The summed E-state index contributed by atoms with van der Waals surface area (Å²) in [5.74, 6) is 0.284. The van der Waals surface area contributed by atoms with E-state index < -0.39 is 9.84 Å². The first-order valence-electron chi connectivity index (χ1n) is 4.99. The summed E-state index contributed by atoms with van der Waals surface area (Å²) in [6.45, 7) is 1.63. The maximum atomic E-state index is 12.0. The predicted molar refractivity (Wildman–Crippen MR) is 60.1 cm³/mol. The van der Waals surface area contributed by atoms with Crippen molar-refractivity contribution in [2.24, 2.45) is 5.92 Å². The van der Waals surface area contributed by atoms with Crippen LogP contribution in [-0.2, 0) is 9.84 Å². The number of nitrogens with one attached hydrogen (secondary N) is 1. The fourth-order valence-corrected chi connectivity index (χ4v) is 3.53. The number of hydrogen-bond acceptors (Lipinski definition) is 5. The molecule has 0 unspecified atom stereocenters. The van der Waals surface area contributed by atoms with E-state index in [1.54, 1.807) is 0 Å². The van der Waals surface area contributed by atoms with Gasteiger partial charge in [-0.2, -0.15) is 0 Å². The zero-order chi connectivity index (χ0) is 11.6. The second-order valence-corrected chi connectivity index (χ2v) is 6.19. The normalized spacial score (nSPS) is 21.2. The lowest BCUT2D eigenvalue weighted by Crippen LogP contribution is -2.19. The number of halogens is 1. The summed E-state index contributed by atoms with van der Waals surface area (Å²) in [7, 11) is -3.34. The molecule has 2 heterocycles. The number of aromatic nitrogens is 2. The number of hydrogen-bond donors (Lipinski definition) is 1. The zero-order valence-electron chi connectivity index (χ0n) is 8.56. The summed E-state index contributed by atoms with van der Waals surface area (Å²) in [6.07, 6.45) is 2.06. The first kappa shape index (κ1) is 11.8. The van der Waals surface area contributed by atoms with Crippen molar-refractivity contribution in [3.05, 3.63) is 17.5 Å². The van der Waals surface area contributed by atoms with E-state index in [1.807, 2.05) is 0 Å². The van der Waals surface area contributed by atoms with E-state index in [0.29, 0.717) is 0 Å². The van der Waals surface area contributed by atoms with Gasteiger partial charge in [-0.05, 0) is 25.4 Å². The molecule has 1 aromatic rings. The molecule has 1 aromatic heterocycles. The molecule has 1 N–H and O–H groups in total.